The van der Waals surface area contributed by atoms with Gasteiger partial charge in [0.15, 0.2) is 11.5 Å². The van der Waals surface area contributed by atoms with E-state index in [-0.39, 0.29) is 17.9 Å². The highest BCUT2D eigenvalue weighted by Crippen LogP contribution is 2.50. The summed E-state index contributed by atoms with van der Waals surface area (Å²) in [6.07, 6.45) is 1.78. The Balaban J connectivity index is 1.34. The summed E-state index contributed by atoms with van der Waals surface area (Å²) in [6, 6.07) is 28.1. The highest BCUT2D eigenvalue weighted by Gasteiger charge is 2.41. The number of rotatable bonds is 5. The van der Waals surface area contributed by atoms with Crippen molar-refractivity contribution >= 4 is 26.8 Å². The number of hydrogen-bond donors (Lipinski definition) is 1. The van der Waals surface area contributed by atoms with Gasteiger partial charge in [-0.3, -0.25) is 4.90 Å². The number of methoxy groups -OCH3 is 1. The van der Waals surface area contributed by atoms with Crippen molar-refractivity contribution in [3.63, 3.8) is 0 Å². The fourth-order valence-electron chi connectivity index (χ4n) is 6.34. The lowest BCUT2D eigenvalue weighted by Gasteiger charge is -2.46. The summed E-state index contributed by atoms with van der Waals surface area (Å²) in [5.74, 6) is 1.30. The van der Waals surface area contributed by atoms with E-state index in [4.69, 9.17) is 9.47 Å². The zero-order chi connectivity index (χ0) is 26.5. The van der Waals surface area contributed by atoms with Crippen LogP contribution in [-0.4, -0.2) is 23.5 Å². The van der Waals surface area contributed by atoms with Crippen LogP contribution < -0.4 is 9.47 Å². The summed E-state index contributed by atoms with van der Waals surface area (Å²) in [7, 11) is 1.70. The van der Waals surface area contributed by atoms with Gasteiger partial charge in [0.25, 0.3) is 0 Å². The van der Waals surface area contributed by atoms with Crippen LogP contribution in [-0.2, 0) is 19.4 Å². The van der Waals surface area contributed by atoms with Gasteiger partial charge in [0.2, 0.25) is 0 Å². The lowest BCUT2D eigenvalue weighted by molar-refractivity contribution is 0.127. The second kappa shape index (κ2) is 9.85. The number of hydrogen-bond acceptors (Lipinski definition) is 3. The predicted octanol–water partition coefficient (Wildman–Crippen LogP) is 7.90. The number of aromatic nitrogens is 1. The van der Waals surface area contributed by atoms with Crippen molar-refractivity contribution in [2.24, 2.45) is 0 Å². The van der Waals surface area contributed by atoms with Crippen molar-refractivity contribution in [3.8, 4) is 11.5 Å². The average Bonchev–Trinajstić information content (AvgIpc) is 3.32. The number of aromatic amines is 1. The number of H-pyrrole nitrogens is 1. The van der Waals surface area contributed by atoms with Crippen molar-refractivity contribution in [1.29, 1.82) is 0 Å². The van der Waals surface area contributed by atoms with E-state index >= 15 is 0 Å². The van der Waals surface area contributed by atoms with E-state index in [0.717, 1.165) is 52.0 Å². The predicted molar refractivity (Wildman–Crippen MR) is 155 cm³/mol. The summed E-state index contributed by atoms with van der Waals surface area (Å²) < 4.78 is 27.1. The van der Waals surface area contributed by atoms with E-state index in [9.17, 15) is 4.39 Å². The lowest BCUT2D eigenvalue weighted by Crippen LogP contribution is -2.43. The maximum atomic E-state index is 14.0. The third kappa shape index (κ3) is 4.32. The van der Waals surface area contributed by atoms with Gasteiger partial charge in [-0.25, -0.2) is 4.39 Å². The van der Waals surface area contributed by atoms with Gasteiger partial charge in [-0.05, 0) is 77.1 Å². The summed E-state index contributed by atoms with van der Waals surface area (Å²) in [5.41, 5.74) is 8.40. The van der Waals surface area contributed by atoms with E-state index < -0.39 is 0 Å². The van der Waals surface area contributed by atoms with Gasteiger partial charge in [0, 0.05) is 33.7 Å². The average molecular weight is 584 g/mol. The minimum absolute atomic E-state index is 0.00513. The minimum atomic E-state index is -0.219. The van der Waals surface area contributed by atoms with Gasteiger partial charge in [0.05, 0.1) is 13.2 Å². The monoisotopic (exact) mass is 582 g/mol. The Hall–Kier alpha value is -3.61. The molecule has 2 atom stereocenters. The van der Waals surface area contributed by atoms with Crippen molar-refractivity contribution in [2.75, 3.05) is 13.7 Å². The Kier molecular flexibility index (Phi) is 6.17. The van der Waals surface area contributed by atoms with Crippen LogP contribution in [0.25, 0.3) is 10.9 Å². The molecule has 4 nitrogen and oxygen atoms in total. The van der Waals surface area contributed by atoms with Gasteiger partial charge in [-0.2, -0.15) is 0 Å². The molecule has 196 valence electrons. The molecule has 5 aromatic rings. The molecule has 2 aliphatic rings. The van der Waals surface area contributed by atoms with E-state index in [2.05, 4.69) is 68.3 Å². The summed E-state index contributed by atoms with van der Waals surface area (Å²) in [4.78, 5) is 6.30. The molecule has 0 bridgehead atoms. The summed E-state index contributed by atoms with van der Waals surface area (Å²) in [5, 5.41) is 1.24. The topological polar surface area (TPSA) is 37.5 Å². The third-order valence-electron chi connectivity index (χ3n) is 8.15. The molecule has 0 radical (unpaired) electrons. The highest BCUT2D eigenvalue weighted by atomic mass is 79.9. The van der Waals surface area contributed by atoms with Crippen LogP contribution in [0.1, 0.15) is 45.6 Å². The van der Waals surface area contributed by atoms with Crippen molar-refractivity contribution in [1.82, 2.24) is 9.88 Å². The molecule has 2 aliphatic heterocycles. The molecule has 6 heteroatoms. The van der Waals surface area contributed by atoms with Crippen LogP contribution in [0.5, 0.6) is 11.5 Å². The zero-order valence-corrected chi connectivity index (χ0v) is 23.2. The Morgan fingerprint density at radius 3 is 2.59 bits per heavy atom. The van der Waals surface area contributed by atoms with Crippen LogP contribution in [0.4, 0.5) is 4.39 Å². The largest absolute Gasteiger partial charge is 0.493 e. The maximum absolute atomic E-state index is 14.0. The number of nitrogens with one attached hydrogen (secondary N) is 1. The van der Waals surface area contributed by atoms with Crippen LogP contribution in [0.2, 0.25) is 0 Å². The Labute approximate surface area is 235 Å². The third-order valence-corrected chi connectivity index (χ3v) is 8.64. The SMILES string of the molecule is COc1cc2c(cc1OCc1ccccc1)C1Cc3c([nH]c4cc(Br)ccc34)C(c3ccc(F)cc3)N1CC2. The van der Waals surface area contributed by atoms with Crippen LogP contribution in [0.3, 0.4) is 0 Å². The molecule has 7 rings (SSSR count). The van der Waals surface area contributed by atoms with E-state index in [1.807, 2.05) is 30.3 Å². The lowest BCUT2D eigenvalue weighted by atomic mass is 9.80. The number of fused-ring (bicyclic) bond motifs is 6. The molecular weight excluding hydrogens is 555 g/mol. The molecular formula is C33H28BrFN2O2. The second-order valence-corrected chi connectivity index (χ2v) is 11.3. The zero-order valence-electron chi connectivity index (χ0n) is 21.6. The fraction of sp³-hybridized carbons (Fsp3) is 0.212. The molecule has 3 heterocycles. The number of benzene rings is 4. The van der Waals surface area contributed by atoms with Crippen LogP contribution in [0.15, 0.2) is 89.4 Å². The Morgan fingerprint density at radius 1 is 0.974 bits per heavy atom. The van der Waals surface area contributed by atoms with Gasteiger partial charge in [0.1, 0.15) is 12.4 Å². The minimum Gasteiger partial charge on any atom is -0.493 e. The van der Waals surface area contributed by atoms with E-state index in [1.54, 1.807) is 19.2 Å². The van der Waals surface area contributed by atoms with Gasteiger partial charge in [-0.15, -0.1) is 0 Å². The number of nitrogens with zero attached hydrogens (tertiary/aromatic N) is 1. The molecule has 0 saturated heterocycles. The van der Waals surface area contributed by atoms with Crippen LogP contribution in [0, 0.1) is 5.82 Å². The first-order valence-corrected chi connectivity index (χ1v) is 14.1. The van der Waals surface area contributed by atoms with Crippen molar-refractivity contribution in [2.45, 2.75) is 31.5 Å². The first kappa shape index (κ1) is 24.4. The van der Waals surface area contributed by atoms with Gasteiger partial charge < -0.3 is 14.5 Å². The quantitative estimate of drug-likeness (QED) is 0.229. The summed E-state index contributed by atoms with van der Waals surface area (Å²) >= 11 is 3.63. The maximum Gasteiger partial charge on any atom is 0.162 e. The Morgan fingerprint density at radius 2 is 1.79 bits per heavy atom. The van der Waals surface area contributed by atoms with E-state index in [1.165, 1.54) is 27.8 Å². The molecule has 4 aromatic carbocycles. The molecule has 0 saturated carbocycles. The number of ether oxygens (including phenoxy) is 2. The van der Waals surface area contributed by atoms with Gasteiger partial charge >= 0.3 is 0 Å². The van der Waals surface area contributed by atoms with Crippen molar-refractivity contribution in [3.05, 3.63) is 129 Å². The molecule has 1 N–H and O–H groups in total. The Bertz CT molecular complexity index is 1670. The number of halogens is 2. The normalized spacial score (nSPS) is 18.3. The molecule has 1 aromatic heterocycles. The van der Waals surface area contributed by atoms with Gasteiger partial charge in [-0.1, -0.05) is 64.5 Å². The highest BCUT2D eigenvalue weighted by molar-refractivity contribution is 9.10. The summed E-state index contributed by atoms with van der Waals surface area (Å²) in [6.45, 7) is 1.37. The molecule has 0 fully saturated rings. The fourth-order valence-corrected chi connectivity index (χ4v) is 6.70. The first-order chi connectivity index (χ1) is 19.1. The second-order valence-electron chi connectivity index (χ2n) is 10.3. The molecule has 39 heavy (non-hydrogen) atoms. The first-order valence-electron chi connectivity index (χ1n) is 13.3. The molecule has 0 amide bonds. The molecule has 0 aliphatic carbocycles. The van der Waals surface area contributed by atoms with E-state index in [0.29, 0.717) is 6.61 Å². The standard InChI is InChI=1S/C33H28BrFN2O2/c1-38-30-15-22-13-14-37-29(26(22)18-31(30)39-19-20-5-3-2-4-6-20)17-27-25-12-9-23(34)16-28(25)36-32(27)33(37)21-7-10-24(35)11-8-21/h2-12,15-16,18,29,33,36H,13-14,17,19H2,1H3. The molecule has 2 unspecified atom stereocenters. The smallest absolute Gasteiger partial charge is 0.162 e. The van der Waals surface area contributed by atoms with Crippen molar-refractivity contribution < 1.29 is 13.9 Å². The molecule has 0 spiro atoms. The van der Waals surface area contributed by atoms with Crippen LogP contribution >= 0.6 is 15.9 Å².